The average molecular weight is 401 g/mol. The van der Waals surface area contributed by atoms with E-state index in [1.54, 1.807) is 41.3 Å². The molecule has 28 heavy (non-hydrogen) atoms. The Balaban J connectivity index is 1.87. The van der Waals surface area contributed by atoms with Crippen LogP contribution < -0.4 is 4.74 Å². The fourth-order valence-electron chi connectivity index (χ4n) is 3.15. The maximum absolute atomic E-state index is 13.0. The SMILES string of the molecule is C=CCN(Cc1ccc2c(c1)CN(S(=O)(=O)c1ccccc1)CCO2)C(C)=O. The fourth-order valence-corrected chi connectivity index (χ4v) is 4.57. The van der Waals surface area contributed by atoms with Crippen LogP contribution in [0, 0.1) is 0 Å². The van der Waals surface area contributed by atoms with E-state index < -0.39 is 10.0 Å². The first-order chi connectivity index (χ1) is 13.4. The highest BCUT2D eigenvalue weighted by atomic mass is 32.2. The lowest BCUT2D eigenvalue weighted by Gasteiger charge is -2.21. The molecule has 1 aliphatic rings. The van der Waals surface area contributed by atoms with Gasteiger partial charge in [-0.25, -0.2) is 8.42 Å². The van der Waals surface area contributed by atoms with Crippen molar-refractivity contribution in [3.63, 3.8) is 0 Å². The summed E-state index contributed by atoms with van der Waals surface area (Å²) in [6, 6.07) is 14.1. The van der Waals surface area contributed by atoms with Crippen LogP contribution in [0.2, 0.25) is 0 Å². The van der Waals surface area contributed by atoms with Gasteiger partial charge in [-0.2, -0.15) is 4.31 Å². The first kappa shape index (κ1) is 20.1. The zero-order valence-corrected chi connectivity index (χ0v) is 16.7. The van der Waals surface area contributed by atoms with Crippen molar-refractivity contribution in [3.8, 4) is 5.75 Å². The Morgan fingerprint density at radius 1 is 1.25 bits per heavy atom. The third-order valence-corrected chi connectivity index (χ3v) is 6.48. The van der Waals surface area contributed by atoms with Gasteiger partial charge in [0, 0.05) is 38.7 Å². The molecule has 1 heterocycles. The molecule has 0 atom stereocenters. The average Bonchev–Trinajstić information content (AvgIpc) is 2.91. The number of hydrogen-bond donors (Lipinski definition) is 0. The summed E-state index contributed by atoms with van der Waals surface area (Å²) in [4.78, 5) is 13.7. The first-order valence-electron chi connectivity index (χ1n) is 9.08. The number of benzene rings is 2. The van der Waals surface area contributed by atoms with E-state index in [-0.39, 0.29) is 30.5 Å². The zero-order chi connectivity index (χ0) is 20.1. The van der Waals surface area contributed by atoms with Crippen molar-refractivity contribution in [2.24, 2.45) is 0 Å². The predicted molar refractivity (Wildman–Crippen MR) is 107 cm³/mol. The Kier molecular flexibility index (Phi) is 6.16. The monoisotopic (exact) mass is 400 g/mol. The molecular formula is C21H24N2O4S. The maximum Gasteiger partial charge on any atom is 0.243 e. The number of sulfonamides is 1. The van der Waals surface area contributed by atoms with Crippen LogP contribution in [0.4, 0.5) is 0 Å². The highest BCUT2D eigenvalue weighted by molar-refractivity contribution is 7.89. The molecule has 1 amide bonds. The number of hydrogen-bond acceptors (Lipinski definition) is 4. The molecule has 0 bridgehead atoms. The van der Waals surface area contributed by atoms with Gasteiger partial charge >= 0.3 is 0 Å². The van der Waals surface area contributed by atoms with Crippen molar-refractivity contribution in [1.29, 1.82) is 0 Å². The quantitative estimate of drug-likeness (QED) is 0.700. The normalized spacial score (nSPS) is 14.5. The van der Waals surface area contributed by atoms with E-state index in [0.29, 0.717) is 18.8 Å². The lowest BCUT2D eigenvalue weighted by atomic mass is 10.1. The summed E-state index contributed by atoms with van der Waals surface area (Å²) in [7, 11) is -3.61. The van der Waals surface area contributed by atoms with E-state index >= 15 is 0 Å². The molecule has 0 N–H and O–H groups in total. The summed E-state index contributed by atoms with van der Waals surface area (Å²) in [5.74, 6) is 0.631. The standard InChI is InChI=1S/C21H24N2O4S/c1-3-11-22(17(2)24)15-18-9-10-21-19(14-18)16-23(12-13-27-21)28(25,26)20-7-5-4-6-8-20/h3-10,14H,1,11-13,15-16H2,2H3. The lowest BCUT2D eigenvalue weighted by Crippen LogP contribution is -2.32. The second kappa shape index (κ2) is 8.58. The Labute approximate surface area is 166 Å². The Morgan fingerprint density at radius 2 is 2.00 bits per heavy atom. The number of carbonyl (C=O) groups excluding carboxylic acids is 1. The van der Waals surface area contributed by atoms with Crippen molar-refractivity contribution >= 4 is 15.9 Å². The summed E-state index contributed by atoms with van der Waals surface area (Å²) in [6.45, 7) is 6.88. The van der Waals surface area contributed by atoms with Gasteiger partial charge in [-0.3, -0.25) is 4.79 Å². The van der Waals surface area contributed by atoms with Crippen molar-refractivity contribution in [1.82, 2.24) is 9.21 Å². The molecule has 0 radical (unpaired) electrons. The smallest absolute Gasteiger partial charge is 0.243 e. The molecule has 148 valence electrons. The van der Waals surface area contributed by atoms with E-state index in [1.165, 1.54) is 11.2 Å². The number of ether oxygens (including phenoxy) is 1. The molecule has 0 aliphatic carbocycles. The van der Waals surface area contributed by atoms with Gasteiger partial charge in [0.2, 0.25) is 15.9 Å². The summed E-state index contributed by atoms with van der Waals surface area (Å²) >= 11 is 0. The third-order valence-electron chi connectivity index (χ3n) is 4.62. The number of amides is 1. The molecule has 2 aromatic carbocycles. The number of fused-ring (bicyclic) bond motifs is 1. The summed E-state index contributed by atoms with van der Waals surface area (Å²) in [5.41, 5.74) is 1.70. The second-order valence-corrected chi connectivity index (χ2v) is 8.57. The molecule has 0 saturated carbocycles. The van der Waals surface area contributed by atoms with Crippen LogP contribution in [-0.2, 0) is 27.9 Å². The van der Waals surface area contributed by atoms with Crippen LogP contribution in [0.15, 0.2) is 66.1 Å². The number of nitrogens with zero attached hydrogens (tertiary/aromatic N) is 2. The van der Waals surface area contributed by atoms with Crippen molar-refractivity contribution < 1.29 is 17.9 Å². The molecule has 0 spiro atoms. The molecule has 1 aliphatic heterocycles. The van der Waals surface area contributed by atoms with Gasteiger partial charge in [0.1, 0.15) is 12.4 Å². The van der Waals surface area contributed by atoms with E-state index in [0.717, 1.165) is 11.1 Å². The van der Waals surface area contributed by atoms with E-state index in [9.17, 15) is 13.2 Å². The Bertz CT molecular complexity index is 958. The van der Waals surface area contributed by atoms with Crippen LogP contribution in [0.25, 0.3) is 0 Å². The molecule has 3 rings (SSSR count). The minimum atomic E-state index is -3.61. The highest BCUT2D eigenvalue weighted by Crippen LogP contribution is 2.28. The molecule has 0 aromatic heterocycles. The Hall–Kier alpha value is -2.64. The third kappa shape index (κ3) is 4.43. The topological polar surface area (TPSA) is 66.9 Å². The number of rotatable bonds is 6. The molecule has 0 fully saturated rings. The maximum atomic E-state index is 13.0. The van der Waals surface area contributed by atoms with Gasteiger partial charge in [-0.1, -0.05) is 30.3 Å². The van der Waals surface area contributed by atoms with Crippen LogP contribution >= 0.6 is 0 Å². The van der Waals surface area contributed by atoms with Gasteiger partial charge < -0.3 is 9.64 Å². The van der Waals surface area contributed by atoms with Crippen LogP contribution in [0.5, 0.6) is 5.75 Å². The van der Waals surface area contributed by atoms with Gasteiger partial charge in [-0.15, -0.1) is 6.58 Å². The molecular weight excluding hydrogens is 376 g/mol. The van der Waals surface area contributed by atoms with Crippen molar-refractivity contribution in [2.75, 3.05) is 19.7 Å². The van der Waals surface area contributed by atoms with Gasteiger partial charge in [-0.05, 0) is 29.8 Å². The predicted octanol–water partition coefficient (Wildman–Crippen LogP) is 2.80. The molecule has 0 unspecified atom stereocenters. The van der Waals surface area contributed by atoms with Crippen LogP contribution in [0.3, 0.4) is 0 Å². The first-order valence-corrected chi connectivity index (χ1v) is 10.5. The molecule has 7 heteroatoms. The van der Waals surface area contributed by atoms with Gasteiger partial charge in [0.05, 0.1) is 4.90 Å². The Morgan fingerprint density at radius 3 is 2.68 bits per heavy atom. The molecule has 2 aromatic rings. The fraction of sp³-hybridized carbons (Fsp3) is 0.286. The minimum absolute atomic E-state index is 0.0422. The number of carbonyl (C=O) groups is 1. The second-order valence-electron chi connectivity index (χ2n) is 6.63. The van der Waals surface area contributed by atoms with E-state index in [4.69, 9.17) is 4.74 Å². The summed E-state index contributed by atoms with van der Waals surface area (Å²) in [5, 5.41) is 0. The highest BCUT2D eigenvalue weighted by Gasteiger charge is 2.27. The summed E-state index contributed by atoms with van der Waals surface area (Å²) in [6.07, 6.45) is 1.68. The van der Waals surface area contributed by atoms with Crippen LogP contribution in [0.1, 0.15) is 18.1 Å². The summed E-state index contributed by atoms with van der Waals surface area (Å²) < 4.78 is 33.2. The zero-order valence-electron chi connectivity index (χ0n) is 15.9. The van der Waals surface area contributed by atoms with Crippen molar-refractivity contribution in [2.45, 2.75) is 24.9 Å². The van der Waals surface area contributed by atoms with E-state index in [1.807, 2.05) is 18.2 Å². The van der Waals surface area contributed by atoms with Crippen LogP contribution in [-0.4, -0.2) is 43.2 Å². The van der Waals surface area contributed by atoms with E-state index in [2.05, 4.69) is 6.58 Å². The van der Waals surface area contributed by atoms with Crippen molar-refractivity contribution in [3.05, 3.63) is 72.3 Å². The van der Waals surface area contributed by atoms with Gasteiger partial charge in [0.25, 0.3) is 0 Å². The minimum Gasteiger partial charge on any atom is -0.492 e. The molecule has 6 nitrogen and oxygen atoms in total. The van der Waals surface area contributed by atoms with Gasteiger partial charge in [0.15, 0.2) is 0 Å². The largest absolute Gasteiger partial charge is 0.492 e. The molecule has 0 saturated heterocycles. The lowest BCUT2D eigenvalue weighted by molar-refractivity contribution is -0.128.